The molecule has 0 aliphatic heterocycles. The molecule has 0 saturated carbocycles. The average Bonchev–Trinajstić information content (AvgIpc) is 2.49. The first kappa shape index (κ1) is 15.6. The second-order valence-electron chi connectivity index (χ2n) is 4.29. The Morgan fingerprint density at radius 3 is 2.48 bits per heavy atom. The molecule has 0 fully saturated rings. The van der Waals surface area contributed by atoms with Gasteiger partial charge in [-0.3, -0.25) is 4.79 Å². The summed E-state index contributed by atoms with van der Waals surface area (Å²) in [4.78, 5) is 11.9. The Bertz CT molecular complexity index is 627. The van der Waals surface area contributed by atoms with E-state index in [0.29, 0.717) is 28.0 Å². The lowest BCUT2D eigenvalue weighted by Crippen LogP contribution is -2.20. The maximum Gasteiger partial charge on any atom is 0.262 e. The van der Waals surface area contributed by atoms with Crippen molar-refractivity contribution in [3.63, 3.8) is 0 Å². The van der Waals surface area contributed by atoms with Crippen LogP contribution in [0, 0.1) is 0 Å². The molecule has 4 nitrogen and oxygen atoms in total. The number of amides is 1. The number of para-hydroxylation sites is 1. The first-order valence-corrected chi connectivity index (χ1v) is 7.01. The third-order valence-corrected chi connectivity index (χ3v) is 3.36. The van der Waals surface area contributed by atoms with Gasteiger partial charge in [-0.05, 0) is 29.8 Å². The van der Waals surface area contributed by atoms with E-state index in [-0.39, 0.29) is 12.5 Å². The van der Waals surface area contributed by atoms with Gasteiger partial charge >= 0.3 is 0 Å². The maximum absolute atomic E-state index is 11.9. The van der Waals surface area contributed by atoms with Crippen LogP contribution in [0.15, 0.2) is 42.5 Å². The number of nitrogens with one attached hydrogen (secondary N) is 1. The summed E-state index contributed by atoms with van der Waals surface area (Å²) >= 11 is 12.0. The smallest absolute Gasteiger partial charge is 0.262 e. The van der Waals surface area contributed by atoms with E-state index in [2.05, 4.69) is 5.32 Å². The Kier molecular flexibility index (Phi) is 5.44. The second kappa shape index (κ2) is 7.31. The molecule has 0 unspecified atom stereocenters. The number of halogens is 2. The number of carbonyl (C=O) groups excluding carboxylic acids is 1. The van der Waals surface area contributed by atoms with Crippen LogP contribution >= 0.6 is 23.2 Å². The highest BCUT2D eigenvalue weighted by molar-refractivity contribution is 6.39. The SMILES string of the molecule is NCc1cccc(OCC(=O)Nc2c(Cl)cccc2Cl)c1. The van der Waals surface area contributed by atoms with Crippen LogP contribution in [0.25, 0.3) is 0 Å². The summed E-state index contributed by atoms with van der Waals surface area (Å²) in [5.41, 5.74) is 6.86. The van der Waals surface area contributed by atoms with Crippen LogP contribution in [0.4, 0.5) is 5.69 Å². The van der Waals surface area contributed by atoms with E-state index in [4.69, 9.17) is 33.7 Å². The fourth-order valence-electron chi connectivity index (χ4n) is 1.70. The van der Waals surface area contributed by atoms with Crippen molar-refractivity contribution < 1.29 is 9.53 Å². The van der Waals surface area contributed by atoms with Crippen molar-refractivity contribution in [2.45, 2.75) is 6.54 Å². The van der Waals surface area contributed by atoms with Crippen molar-refractivity contribution in [2.75, 3.05) is 11.9 Å². The molecule has 0 radical (unpaired) electrons. The molecule has 0 heterocycles. The van der Waals surface area contributed by atoms with Gasteiger partial charge in [-0.15, -0.1) is 0 Å². The van der Waals surface area contributed by atoms with Crippen molar-refractivity contribution in [3.05, 3.63) is 58.1 Å². The van der Waals surface area contributed by atoms with Crippen molar-refractivity contribution in [1.29, 1.82) is 0 Å². The number of benzene rings is 2. The molecule has 2 aromatic rings. The minimum Gasteiger partial charge on any atom is -0.484 e. The van der Waals surface area contributed by atoms with E-state index in [1.165, 1.54) is 0 Å². The first-order chi connectivity index (χ1) is 10.1. The molecular formula is C15H14Cl2N2O2. The zero-order valence-corrected chi connectivity index (χ0v) is 12.6. The summed E-state index contributed by atoms with van der Waals surface area (Å²) in [6.07, 6.45) is 0. The third kappa shape index (κ3) is 4.36. The molecule has 1 amide bonds. The summed E-state index contributed by atoms with van der Waals surface area (Å²) in [7, 11) is 0. The van der Waals surface area contributed by atoms with Crippen molar-refractivity contribution >= 4 is 34.8 Å². The fraction of sp³-hybridized carbons (Fsp3) is 0.133. The summed E-state index contributed by atoms with van der Waals surface area (Å²) in [6, 6.07) is 12.2. The quantitative estimate of drug-likeness (QED) is 0.885. The molecule has 2 rings (SSSR count). The lowest BCUT2D eigenvalue weighted by molar-refractivity contribution is -0.118. The summed E-state index contributed by atoms with van der Waals surface area (Å²) in [6.45, 7) is 0.272. The molecule has 0 atom stereocenters. The Hall–Kier alpha value is -1.75. The van der Waals surface area contributed by atoms with Crippen LogP contribution in [0.3, 0.4) is 0 Å². The number of hydrogen-bond acceptors (Lipinski definition) is 3. The van der Waals surface area contributed by atoms with Gasteiger partial charge in [-0.2, -0.15) is 0 Å². The van der Waals surface area contributed by atoms with Crippen molar-refractivity contribution in [1.82, 2.24) is 0 Å². The van der Waals surface area contributed by atoms with E-state index in [1.54, 1.807) is 30.3 Å². The lowest BCUT2D eigenvalue weighted by Gasteiger charge is -2.10. The van der Waals surface area contributed by atoms with Crippen LogP contribution in [0.2, 0.25) is 10.0 Å². The Balaban J connectivity index is 1.96. The highest BCUT2D eigenvalue weighted by Crippen LogP contribution is 2.29. The van der Waals surface area contributed by atoms with Crippen LogP contribution < -0.4 is 15.8 Å². The van der Waals surface area contributed by atoms with E-state index in [1.807, 2.05) is 12.1 Å². The molecule has 0 saturated heterocycles. The van der Waals surface area contributed by atoms with Crippen molar-refractivity contribution in [2.24, 2.45) is 5.73 Å². The zero-order chi connectivity index (χ0) is 15.2. The van der Waals surface area contributed by atoms with Gasteiger partial charge in [0.25, 0.3) is 5.91 Å². The number of ether oxygens (including phenoxy) is 1. The molecule has 0 aromatic heterocycles. The normalized spacial score (nSPS) is 10.2. The van der Waals surface area contributed by atoms with Gasteiger partial charge < -0.3 is 15.8 Å². The molecule has 21 heavy (non-hydrogen) atoms. The van der Waals surface area contributed by atoms with Crippen LogP contribution in [-0.4, -0.2) is 12.5 Å². The van der Waals surface area contributed by atoms with Crippen LogP contribution in [0.5, 0.6) is 5.75 Å². The molecule has 0 aliphatic rings. The molecule has 0 spiro atoms. The Labute approximate surface area is 132 Å². The Morgan fingerprint density at radius 1 is 1.14 bits per heavy atom. The molecule has 2 aromatic carbocycles. The highest BCUT2D eigenvalue weighted by Gasteiger charge is 2.10. The highest BCUT2D eigenvalue weighted by atomic mass is 35.5. The summed E-state index contributed by atoms with van der Waals surface area (Å²) in [5, 5.41) is 3.38. The molecule has 0 aliphatic carbocycles. The number of rotatable bonds is 5. The third-order valence-electron chi connectivity index (χ3n) is 2.73. The predicted octanol–water partition coefficient (Wildman–Crippen LogP) is 3.47. The number of anilines is 1. The first-order valence-electron chi connectivity index (χ1n) is 6.26. The Morgan fingerprint density at radius 2 is 1.81 bits per heavy atom. The lowest BCUT2D eigenvalue weighted by atomic mass is 10.2. The van der Waals surface area contributed by atoms with Crippen LogP contribution in [-0.2, 0) is 11.3 Å². The predicted molar refractivity (Wildman–Crippen MR) is 84.9 cm³/mol. The molecule has 3 N–H and O–H groups in total. The molecule has 6 heteroatoms. The standard InChI is InChI=1S/C15H14Cl2N2O2/c16-12-5-2-6-13(17)15(12)19-14(20)9-21-11-4-1-3-10(7-11)8-18/h1-7H,8-9,18H2,(H,19,20). The van der Waals surface area contributed by atoms with Gasteiger partial charge in [0.2, 0.25) is 0 Å². The van der Waals surface area contributed by atoms with E-state index in [9.17, 15) is 4.79 Å². The van der Waals surface area contributed by atoms with Gasteiger partial charge in [0.15, 0.2) is 6.61 Å². The second-order valence-corrected chi connectivity index (χ2v) is 5.10. The molecular weight excluding hydrogens is 311 g/mol. The van der Waals surface area contributed by atoms with E-state index < -0.39 is 0 Å². The molecule has 110 valence electrons. The van der Waals surface area contributed by atoms with Gasteiger partial charge in [0.1, 0.15) is 5.75 Å². The van der Waals surface area contributed by atoms with Gasteiger partial charge in [-0.25, -0.2) is 0 Å². The fourth-order valence-corrected chi connectivity index (χ4v) is 2.20. The summed E-state index contributed by atoms with van der Waals surface area (Å²) < 4.78 is 5.41. The number of hydrogen-bond donors (Lipinski definition) is 2. The monoisotopic (exact) mass is 324 g/mol. The largest absolute Gasteiger partial charge is 0.484 e. The van der Waals surface area contributed by atoms with E-state index in [0.717, 1.165) is 5.56 Å². The average molecular weight is 325 g/mol. The topological polar surface area (TPSA) is 64.3 Å². The van der Waals surface area contributed by atoms with Gasteiger partial charge in [0, 0.05) is 6.54 Å². The minimum atomic E-state index is -0.344. The summed E-state index contributed by atoms with van der Waals surface area (Å²) in [5.74, 6) is 0.238. The van der Waals surface area contributed by atoms with Gasteiger partial charge in [0.05, 0.1) is 15.7 Å². The number of carbonyl (C=O) groups is 1. The zero-order valence-electron chi connectivity index (χ0n) is 11.1. The van der Waals surface area contributed by atoms with Gasteiger partial charge in [-0.1, -0.05) is 41.4 Å². The number of nitrogens with two attached hydrogens (primary N) is 1. The van der Waals surface area contributed by atoms with Crippen molar-refractivity contribution in [3.8, 4) is 5.75 Å². The minimum absolute atomic E-state index is 0.143. The van der Waals surface area contributed by atoms with Crippen LogP contribution in [0.1, 0.15) is 5.56 Å². The van der Waals surface area contributed by atoms with E-state index >= 15 is 0 Å². The molecule has 0 bridgehead atoms. The maximum atomic E-state index is 11.9.